The molecule has 0 atom stereocenters. The number of carbonyl (C=O) groups is 1. The average Bonchev–Trinajstić information content (AvgIpc) is 2.65. The minimum absolute atomic E-state index is 0.0483. The Morgan fingerprint density at radius 3 is 2.68 bits per heavy atom. The van der Waals surface area contributed by atoms with Gasteiger partial charge in [0.15, 0.2) is 5.75 Å². The van der Waals surface area contributed by atoms with Gasteiger partial charge in [-0.2, -0.15) is 0 Å². The van der Waals surface area contributed by atoms with Crippen LogP contribution in [0, 0.1) is 11.7 Å². The topological polar surface area (TPSA) is 69.7 Å². The molecule has 1 aliphatic carbocycles. The molecule has 6 nitrogen and oxygen atoms in total. The number of halogens is 1. The molecule has 1 amide bonds. The van der Waals surface area contributed by atoms with Gasteiger partial charge in [0.2, 0.25) is 5.91 Å². The maximum absolute atomic E-state index is 13.2. The molecule has 0 radical (unpaired) electrons. The van der Waals surface area contributed by atoms with Gasteiger partial charge in [-0.15, -0.1) is 0 Å². The second-order valence-electron chi connectivity index (χ2n) is 6.83. The van der Waals surface area contributed by atoms with E-state index in [0.717, 1.165) is 24.0 Å². The van der Waals surface area contributed by atoms with E-state index >= 15 is 0 Å². The summed E-state index contributed by atoms with van der Waals surface area (Å²) in [6, 6.07) is 8.05. The SMILES string of the molecule is COc1c(-c2ccc(F)cc2)ccnc1OCC1CC(OCCNC(C)=O)C1. The molecule has 1 saturated carbocycles. The van der Waals surface area contributed by atoms with Crippen LogP contribution in [-0.4, -0.2) is 43.9 Å². The van der Waals surface area contributed by atoms with Crippen molar-refractivity contribution in [1.29, 1.82) is 0 Å². The smallest absolute Gasteiger partial charge is 0.257 e. The molecule has 28 heavy (non-hydrogen) atoms. The Morgan fingerprint density at radius 2 is 2.00 bits per heavy atom. The lowest BCUT2D eigenvalue weighted by Crippen LogP contribution is -2.37. The van der Waals surface area contributed by atoms with E-state index < -0.39 is 0 Å². The van der Waals surface area contributed by atoms with E-state index in [0.29, 0.717) is 37.3 Å². The first-order chi connectivity index (χ1) is 13.6. The minimum Gasteiger partial charge on any atom is -0.491 e. The monoisotopic (exact) mass is 388 g/mol. The van der Waals surface area contributed by atoms with Crippen molar-refractivity contribution in [2.24, 2.45) is 5.92 Å². The highest BCUT2D eigenvalue weighted by Gasteiger charge is 2.30. The number of ether oxygens (including phenoxy) is 3. The van der Waals surface area contributed by atoms with Crippen molar-refractivity contribution in [2.45, 2.75) is 25.9 Å². The van der Waals surface area contributed by atoms with E-state index in [-0.39, 0.29) is 17.8 Å². The minimum atomic E-state index is -0.285. The van der Waals surface area contributed by atoms with Gasteiger partial charge in [-0.25, -0.2) is 9.37 Å². The Bertz CT molecular complexity index is 791. The molecule has 3 rings (SSSR count). The molecule has 1 heterocycles. The number of hydrogen-bond acceptors (Lipinski definition) is 5. The fraction of sp³-hybridized carbons (Fsp3) is 0.429. The van der Waals surface area contributed by atoms with Crippen molar-refractivity contribution < 1.29 is 23.4 Å². The van der Waals surface area contributed by atoms with Crippen molar-refractivity contribution in [2.75, 3.05) is 26.9 Å². The molecular formula is C21H25FN2O4. The molecular weight excluding hydrogens is 363 g/mol. The van der Waals surface area contributed by atoms with Crippen LogP contribution < -0.4 is 14.8 Å². The lowest BCUT2D eigenvalue weighted by Gasteiger charge is -2.34. The number of methoxy groups -OCH3 is 1. The third-order valence-electron chi connectivity index (χ3n) is 4.71. The van der Waals surface area contributed by atoms with Crippen LogP contribution >= 0.6 is 0 Å². The summed E-state index contributed by atoms with van der Waals surface area (Å²) in [5, 5.41) is 2.71. The van der Waals surface area contributed by atoms with Gasteiger partial charge in [-0.3, -0.25) is 4.79 Å². The molecule has 0 unspecified atom stereocenters. The van der Waals surface area contributed by atoms with Gasteiger partial charge in [-0.05, 0) is 42.5 Å². The average molecular weight is 388 g/mol. The summed E-state index contributed by atoms with van der Waals surface area (Å²) in [6.07, 6.45) is 3.70. The van der Waals surface area contributed by atoms with Crippen LogP contribution in [0.1, 0.15) is 19.8 Å². The number of carbonyl (C=O) groups excluding carboxylic acids is 1. The van der Waals surface area contributed by atoms with Crippen molar-refractivity contribution >= 4 is 5.91 Å². The Morgan fingerprint density at radius 1 is 1.25 bits per heavy atom. The van der Waals surface area contributed by atoms with Crippen molar-refractivity contribution in [3.63, 3.8) is 0 Å². The zero-order valence-electron chi connectivity index (χ0n) is 16.1. The highest BCUT2D eigenvalue weighted by Crippen LogP contribution is 2.37. The highest BCUT2D eigenvalue weighted by molar-refractivity contribution is 5.73. The molecule has 1 aliphatic rings. The van der Waals surface area contributed by atoms with E-state index in [1.165, 1.54) is 19.1 Å². The molecule has 2 aromatic rings. The zero-order valence-corrected chi connectivity index (χ0v) is 16.1. The van der Waals surface area contributed by atoms with Gasteiger partial charge in [0.1, 0.15) is 5.82 Å². The molecule has 1 N–H and O–H groups in total. The van der Waals surface area contributed by atoms with Gasteiger partial charge in [0, 0.05) is 25.2 Å². The second kappa shape index (κ2) is 9.50. The number of hydrogen-bond donors (Lipinski definition) is 1. The largest absolute Gasteiger partial charge is 0.491 e. The lowest BCUT2D eigenvalue weighted by molar-refractivity contribution is -0.119. The number of rotatable bonds is 9. The van der Waals surface area contributed by atoms with Crippen molar-refractivity contribution in [3.8, 4) is 22.8 Å². The second-order valence-corrected chi connectivity index (χ2v) is 6.83. The van der Waals surface area contributed by atoms with Crippen molar-refractivity contribution in [3.05, 3.63) is 42.3 Å². The Kier molecular flexibility index (Phi) is 6.81. The van der Waals surface area contributed by atoms with Crippen LogP contribution in [0.3, 0.4) is 0 Å². The number of nitrogens with one attached hydrogen (secondary N) is 1. The molecule has 1 fully saturated rings. The van der Waals surface area contributed by atoms with Gasteiger partial charge < -0.3 is 19.5 Å². The number of pyridine rings is 1. The summed E-state index contributed by atoms with van der Waals surface area (Å²) < 4.78 is 30.3. The molecule has 1 aromatic carbocycles. The van der Waals surface area contributed by atoms with Crippen LogP contribution in [-0.2, 0) is 9.53 Å². The lowest BCUT2D eigenvalue weighted by atomic mass is 9.83. The maximum Gasteiger partial charge on any atom is 0.257 e. The van der Waals surface area contributed by atoms with Gasteiger partial charge >= 0.3 is 0 Å². The summed E-state index contributed by atoms with van der Waals surface area (Å²) in [7, 11) is 1.57. The first kappa shape index (κ1) is 20.1. The van der Waals surface area contributed by atoms with E-state index in [2.05, 4.69) is 10.3 Å². The summed E-state index contributed by atoms with van der Waals surface area (Å²) in [4.78, 5) is 15.1. The van der Waals surface area contributed by atoms with Gasteiger partial charge in [0.25, 0.3) is 5.88 Å². The number of aromatic nitrogens is 1. The number of amides is 1. The maximum atomic E-state index is 13.2. The third-order valence-corrected chi connectivity index (χ3v) is 4.71. The van der Waals surface area contributed by atoms with E-state index in [1.807, 2.05) is 6.07 Å². The van der Waals surface area contributed by atoms with Crippen LogP contribution in [0.4, 0.5) is 4.39 Å². The summed E-state index contributed by atoms with van der Waals surface area (Å²) in [6.45, 7) is 3.07. The number of nitrogens with zero attached hydrogens (tertiary/aromatic N) is 1. The molecule has 0 aliphatic heterocycles. The number of benzene rings is 1. The first-order valence-electron chi connectivity index (χ1n) is 9.34. The normalized spacial score (nSPS) is 18.2. The zero-order chi connectivity index (χ0) is 19.9. The van der Waals surface area contributed by atoms with E-state index in [1.54, 1.807) is 25.4 Å². The summed E-state index contributed by atoms with van der Waals surface area (Å²) in [5.74, 6) is 1.03. The quantitative estimate of drug-likeness (QED) is 0.668. The molecule has 1 aromatic heterocycles. The Labute approximate surface area is 164 Å². The van der Waals surface area contributed by atoms with Crippen LogP contribution in [0.2, 0.25) is 0 Å². The highest BCUT2D eigenvalue weighted by atomic mass is 19.1. The molecule has 0 saturated heterocycles. The standard InChI is InChI=1S/C21H25FN2O4/c1-14(25)23-9-10-27-18-11-15(12-18)13-28-21-20(26-2)19(7-8-24-21)16-3-5-17(22)6-4-16/h3-8,15,18H,9-13H2,1-2H3,(H,23,25). The predicted molar refractivity (Wildman–Crippen MR) is 103 cm³/mol. The first-order valence-corrected chi connectivity index (χ1v) is 9.34. The van der Waals surface area contributed by atoms with E-state index in [4.69, 9.17) is 14.2 Å². The molecule has 0 bridgehead atoms. The molecule has 150 valence electrons. The van der Waals surface area contributed by atoms with Crippen LogP contribution in [0.25, 0.3) is 11.1 Å². The summed E-state index contributed by atoms with van der Waals surface area (Å²) in [5.41, 5.74) is 1.64. The molecule has 0 spiro atoms. The van der Waals surface area contributed by atoms with Crippen molar-refractivity contribution in [1.82, 2.24) is 10.3 Å². The predicted octanol–water partition coefficient (Wildman–Crippen LogP) is 3.21. The fourth-order valence-electron chi connectivity index (χ4n) is 3.18. The Balaban J connectivity index is 1.51. The molecule has 7 heteroatoms. The van der Waals surface area contributed by atoms with E-state index in [9.17, 15) is 9.18 Å². The third kappa shape index (κ3) is 5.19. The van der Waals surface area contributed by atoms with Gasteiger partial charge in [-0.1, -0.05) is 12.1 Å². The van der Waals surface area contributed by atoms with Crippen LogP contribution in [0.5, 0.6) is 11.6 Å². The van der Waals surface area contributed by atoms with Gasteiger partial charge in [0.05, 0.1) is 26.4 Å². The Hall–Kier alpha value is -2.67. The summed E-state index contributed by atoms with van der Waals surface area (Å²) >= 11 is 0. The van der Waals surface area contributed by atoms with Crippen LogP contribution in [0.15, 0.2) is 36.5 Å². The fourth-order valence-corrected chi connectivity index (χ4v) is 3.18.